The molecule has 1 aromatic rings. The third-order valence-electron chi connectivity index (χ3n) is 2.72. The number of hydrogen-bond acceptors (Lipinski definition) is 5. The highest BCUT2D eigenvalue weighted by atomic mass is 35.5. The maximum atomic E-state index is 12.1. The second kappa shape index (κ2) is 7.90. The van der Waals surface area contributed by atoms with Crippen LogP contribution in [0.5, 0.6) is 0 Å². The number of aromatic nitrogens is 2. The Labute approximate surface area is 127 Å². The normalized spacial score (nSPS) is 12.2. The molecule has 0 aliphatic heterocycles. The van der Waals surface area contributed by atoms with Crippen LogP contribution >= 0.6 is 11.6 Å². The van der Waals surface area contributed by atoms with E-state index in [2.05, 4.69) is 15.3 Å². The predicted octanol–water partition coefficient (Wildman–Crippen LogP) is 1.47. The van der Waals surface area contributed by atoms with Gasteiger partial charge in [0, 0.05) is 19.6 Å². The van der Waals surface area contributed by atoms with Crippen molar-refractivity contribution in [3.63, 3.8) is 0 Å². The Kier molecular flexibility index (Phi) is 6.51. The zero-order valence-electron chi connectivity index (χ0n) is 12.1. The van der Waals surface area contributed by atoms with Gasteiger partial charge in [-0.05, 0) is 0 Å². The lowest BCUT2D eigenvalue weighted by molar-refractivity contribution is -0.139. The van der Waals surface area contributed by atoms with Crippen molar-refractivity contribution >= 4 is 23.5 Å². The molecule has 1 atom stereocenters. The summed E-state index contributed by atoms with van der Waals surface area (Å²) in [6, 6.07) is 0. The zero-order chi connectivity index (χ0) is 16.0. The number of ether oxygens (including phenoxy) is 1. The molecule has 0 spiro atoms. The molecule has 0 aliphatic rings. The Balaban J connectivity index is 2.75. The summed E-state index contributed by atoms with van der Waals surface area (Å²) in [4.78, 5) is 30.9. The summed E-state index contributed by atoms with van der Waals surface area (Å²) >= 11 is 5.92. The molecule has 116 valence electrons. The first-order chi connectivity index (χ1) is 9.85. The minimum Gasteiger partial charge on any atom is -0.481 e. The number of carbonyl (C=O) groups excluding carboxylic acids is 1. The second-order valence-corrected chi connectivity index (χ2v) is 5.15. The Hall–Kier alpha value is -1.73. The monoisotopic (exact) mass is 315 g/mol. The summed E-state index contributed by atoms with van der Waals surface area (Å²) in [7, 11) is 1.38. The molecule has 21 heavy (non-hydrogen) atoms. The molecule has 7 nitrogen and oxygen atoms in total. The van der Waals surface area contributed by atoms with Crippen molar-refractivity contribution in [2.24, 2.45) is 0 Å². The van der Waals surface area contributed by atoms with Gasteiger partial charge in [-0.2, -0.15) is 0 Å². The van der Waals surface area contributed by atoms with E-state index in [1.54, 1.807) is 0 Å². The van der Waals surface area contributed by atoms with Gasteiger partial charge in [-0.1, -0.05) is 25.4 Å². The fraction of sp³-hybridized carbons (Fsp3) is 0.538. The maximum absolute atomic E-state index is 12.1. The van der Waals surface area contributed by atoms with Crippen molar-refractivity contribution in [2.45, 2.75) is 32.3 Å². The summed E-state index contributed by atoms with van der Waals surface area (Å²) < 4.78 is 4.98. The first kappa shape index (κ1) is 17.3. The van der Waals surface area contributed by atoms with Gasteiger partial charge >= 0.3 is 5.97 Å². The largest absolute Gasteiger partial charge is 0.481 e. The van der Waals surface area contributed by atoms with E-state index in [4.69, 9.17) is 21.4 Å². The van der Waals surface area contributed by atoms with Gasteiger partial charge in [-0.25, -0.2) is 9.97 Å². The van der Waals surface area contributed by atoms with Crippen LogP contribution in [0.15, 0.2) is 6.20 Å². The number of nitrogens with zero attached hydrogens (tertiary/aromatic N) is 2. The van der Waals surface area contributed by atoms with Gasteiger partial charge in [0.2, 0.25) is 0 Å². The highest BCUT2D eigenvalue weighted by molar-refractivity contribution is 6.33. The first-order valence-corrected chi connectivity index (χ1v) is 6.78. The highest BCUT2D eigenvalue weighted by Crippen LogP contribution is 2.16. The summed E-state index contributed by atoms with van der Waals surface area (Å²) in [6.07, 6.45) is 0.562. The quantitative estimate of drug-likeness (QED) is 0.790. The fourth-order valence-corrected chi connectivity index (χ4v) is 1.72. The number of carboxylic acid groups (broad SMARTS) is 1. The van der Waals surface area contributed by atoms with Crippen LogP contribution in [0.2, 0.25) is 5.02 Å². The molecule has 2 N–H and O–H groups in total. The van der Waals surface area contributed by atoms with Crippen LogP contribution in [0.1, 0.15) is 42.5 Å². The van der Waals surface area contributed by atoms with Crippen molar-refractivity contribution in [1.82, 2.24) is 15.3 Å². The van der Waals surface area contributed by atoms with Gasteiger partial charge < -0.3 is 15.2 Å². The maximum Gasteiger partial charge on any atom is 0.306 e. The van der Waals surface area contributed by atoms with E-state index in [1.807, 2.05) is 13.8 Å². The molecular formula is C13H18ClN3O4. The molecule has 0 aliphatic carbocycles. The fourth-order valence-electron chi connectivity index (χ4n) is 1.54. The molecule has 0 aromatic carbocycles. The molecule has 0 bridgehead atoms. The molecule has 1 heterocycles. The third-order valence-corrected chi connectivity index (χ3v) is 3.00. The molecule has 1 aromatic heterocycles. The zero-order valence-corrected chi connectivity index (χ0v) is 12.8. The number of rotatable bonds is 7. The number of hydrogen-bond donors (Lipinski definition) is 2. The second-order valence-electron chi connectivity index (χ2n) is 4.75. The van der Waals surface area contributed by atoms with E-state index in [9.17, 15) is 9.59 Å². The lowest BCUT2D eigenvalue weighted by Crippen LogP contribution is -2.35. The average molecular weight is 316 g/mol. The van der Waals surface area contributed by atoms with Crippen molar-refractivity contribution in [3.8, 4) is 0 Å². The van der Waals surface area contributed by atoms with E-state index in [0.717, 1.165) is 0 Å². The van der Waals surface area contributed by atoms with Crippen LogP contribution < -0.4 is 5.32 Å². The van der Waals surface area contributed by atoms with Crippen LogP contribution in [-0.4, -0.2) is 46.7 Å². The highest BCUT2D eigenvalue weighted by Gasteiger charge is 2.18. The molecule has 0 saturated carbocycles. The smallest absolute Gasteiger partial charge is 0.306 e. The van der Waals surface area contributed by atoms with Crippen molar-refractivity contribution in [1.29, 1.82) is 0 Å². The van der Waals surface area contributed by atoms with Gasteiger partial charge in [0.25, 0.3) is 5.91 Å². The summed E-state index contributed by atoms with van der Waals surface area (Å²) in [5.74, 6) is -0.916. The first-order valence-electron chi connectivity index (χ1n) is 6.40. The van der Waals surface area contributed by atoms with Gasteiger partial charge in [0.15, 0.2) is 0 Å². The Bertz CT molecular complexity index is 522. The molecular weight excluding hydrogens is 298 g/mol. The van der Waals surface area contributed by atoms with Crippen molar-refractivity contribution in [3.05, 3.63) is 22.7 Å². The van der Waals surface area contributed by atoms with E-state index < -0.39 is 18.0 Å². The number of halogens is 1. The van der Waals surface area contributed by atoms with Crippen LogP contribution in [0, 0.1) is 0 Å². The molecule has 8 heteroatoms. The minimum absolute atomic E-state index is 0.0545. The Morgan fingerprint density at radius 1 is 1.48 bits per heavy atom. The van der Waals surface area contributed by atoms with E-state index in [-0.39, 0.29) is 29.6 Å². The number of aliphatic carboxylic acids is 1. The van der Waals surface area contributed by atoms with Crippen LogP contribution in [0.4, 0.5) is 0 Å². The number of carbonyl (C=O) groups is 2. The predicted molar refractivity (Wildman–Crippen MR) is 76.5 cm³/mol. The van der Waals surface area contributed by atoms with E-state index in [0.29, 0.717) is 5.82 Å². The van der Waals surface area contributed by atoms with Gasteiger partial charge in [-0.15, -0.1) is 0 Å². The van der Waals surface area contributed by atoms with E-state index >= 15 is 0 Å². The summed E-state index contributed by atoms with van der Waals surface area (Å²) in [5, 5.41) is 11.4. The molecule has 0 radical (unpaired) electrons. The van der Waals surface area contributed by atoms with Gasteiger partial charge in [0.1, 0.15) is 11.5 Å². The lowest BCUT2D eigenvalue weighted by atomic mass is 10.2. The summed E-state index contributed by atoms with van der Waals surface area (Å²) in [6.45, 7) is 3.86. The third kappa shape index (κ3) is 5.28. The topological polar surface area (TPSA) is 101 Å². The van der Waals surface area contributed by atoms with Crippen molar-refractivity contribution < 1.29 is 19.4 Å². The molecule has 0 fully saturated rings. The van der Waals surface area contributed by atoms with Gasteiger partial charge in [0.05, 0.1) is 23.7 Å². The molecule has 0 saturated heterocycles. The number of methoxy groups -OCH3 is 1. The average Bonchev–Trinajstić information content (AvgIpc) is 2.42. The number of carboxylic acids is 1. The van der Waals surface area contributed by atoms with Crippen LogP contribution in [0.25, 0.3) is 0 Å². The number of amides is 1. The SMILES string of the molecule is COC(CNC(=O)c1nc(C(C)C)ncc1Cl)CC(=O)O. The number of nitrogens with one attached hydrogen (secondary N) is 1. The lowest BCUT2D eigenvalue weighted by Gasteiger charge is -2.14. The van der Waals surface area contributed by atoms with Crippen LogP contribution in [0.3, 0.4) is 0 Å². The minimum atomic E-state index is -1.00. The Morgan fingerprint density at radius 3 is 2.67 bits per heavy atom. The Morgan fingerprint density at radius 2 is 2.14 bits per heavy atom. The van der Waals surface area contributed by atoms with E-state index in [1.165, 1.54) is 13.3 Å². The van der Waals surface area contributed by atoms with Crippen molar-refractivity contribution in [2.75, 3.05) is 13.7 Å². The molecule has 1 amide bonds. The van der Waals surface area contributed by atoms with Crippen LogP contribution in [-0.2, 0) is 9.53 Å². The van der Waals surface area contributed by atoms with Gasteiger partial charge in [-0.3, -0.25) is 9.59 Å². The molecule has 1 rings (SSSR count). The standard InChI is InChI=1S/C13H18ClN3O4/c1-7(2)12-15-6-9(14)11(17-12)13(20)16-5-8(21-3)4-10(18)19/h6-8H,4-5H2,1-3H3,(H,16,20)(H,18,19). The molecule has 1 unspecified atom stereocenters. The summed E-state index contributed by atoms with van der Waals surface area (Å²) in [5.41, 5.74) is 0.0699.